The maximum atomic E-state index is 12.5. The van der Waals surface area contributed by atoms with Gasteiger partial charge < -0.3 is 20.9 Å². The van der Waals surface area contributed by atoms with E-state index in [0.29, 0.717) is 6.42 Å². The van der Waals surface area contributed by atoms with Crippen LogP contribution in [0.3, 0.4) is 0 Å². The number of rotatable bonds is 14. The predicted octanol–water partition coefficient (Wildman–Crippen LogP) is 4.21. The fourth-order valence-electron chi connectivity index (χ4n) is 4.63. The molecule has 3 aromatic carbocycles. The van der Waals surface area contributed by atoms with E-state index in [2.05, 4.69) is 71.3 Å². The Morgan fingerprint density at radius 3 is 1.92 bits per heavy atom. The summed E-state index contributed by atoms with van der Waals surface area (Å²) in [5, 5.41) is 16.2. The first-order chi connectivity index (χ1) is 17.9. The highest BCUT2D eigenvalue weighted by atomic mass is 16.5. The van der Waals surface area contributed by atoms with Gasteiger partial charge in [-0.1, -0.05) is 93.1 Å². The van der Waals surface area contributed by atoms with Crippen molar-refractivity contribution in [3.8, 4) is 5.75 Å². The number of aliphatic hydroxyl groups excluding tert-OH is 1. The summed E-state index contributed by atoms with van der Waals surface area (Å²) in [5.41, 5.74) is 9.01. The summed E-state index contributed by atoms with van der Waals surface area (Å²) in [5.74, 6) is 0.751. The number of carbonyl (C=O) groups excluding carboxylic acids is 1. The van der Waals surface area contributed by atoms with Gasteiger partial charge >= 0.3 is 0 Å². The molecule has 0 heterocycles. The van der Waals surface area contributed by atoms with E-state index in [1.807, 2.05) is 38.1 Å². The third-order valence-corrected chi connectivity index (χ3v) is 6.93. The minimum Gasteiger partial charge on any atom is -0.497 e. The maximum Gasteiger partial charge on any atom is 0.237 e. The van der Waals surface area contributed by atoms with Crippen molar-refractivity contribution >= 4 is 5.91 Å². The molecule has 6 nitrogen and oxygen atoms in total. The fraction of sp³-hybridized carbons (Fsp3) is 0.387. The zero-order valence-corrected chi connectivity index (χ0v) is 22.2. The second-order valence-electron chi connectivity index (χ2n) is 9.78. The molecule has 2 atom stereocenters. The first kappa shape index (κ1) is 28.4. The molecule has 0 aromatic heterocycles. The van der Waals surface area contributed by atoms with Crippen molar-refractivity contribution in [2.45, 2.75) is 50.7 Å². The molecule has 198 valence electrons. The molecule has 0 aliphatic heterocycles. The molecule has 6 heteroatoms. The van der Waals surface area contributed by atoms with E-state index in [9.17, 15) is 9.90 Å². The predicted molar refractivity (Wildman–Crippen MR) is 149 cm³/mol. The highest BCUT2D eigenvalue weighted by Gasteiger charge is 2.35. The maximum absolute atomic E-state index is 12.5. The van der Waals surface area contributed by atoms with Gasteiger partial charge in [0.1, 0.15) is 5.75 Å². The quantitative estimate of drug-likeness (QED) is 0.195. The van der Waals surface area contributed by atoms with Crippen molar-refractivity contribution in [2.24, 2.45) is 11.7 Å². The van der Waals surface area contributed by atoms with Gasteiger partial charge in [-0.05, 0) is 54.1 Å². The average molecular weight is 504 g/mol. The number of aliphatic hydroxyl groups is 1. The SMILES string of the molecule is COc1ccc(C(NCCCCC(N)C(=O)NC(CO)C(C)C)(c2ccccc2)c2ccccc2)cc1. The Morgan fingerprint density at radius 1 is 0.892 bits per heavy atom. The van der Waals surface area contributed by atoms with E-state index in [1.165, 1.54) is 0 Å². The van der Waals surface area contributed by atoms with Crippen LogP contribution in [0.25, 0.3) is 0 Å². The fourth-order valence-corrected chi connectivity index (χ4v) is 4.63. The van der Waals surface area contributed by atoms with Crippen LogP contribution in [0.2, 0.25) is 0 Å². The van der Waals surface area contributed by atoms with Gasteiger partial charge in [0.15, 0.2) is 0 Å². The number of methoxy groups -OCH3 is 1. The summed E-state index contributed by atoms with van der Waals surface area (Å²) in [6.07, 6.45) is 2.23. The van der Waals surface area contributed by atoms with Crippen LogP contribution >= 0.6 is 0 Å². The molecule has 1 amide bonds. The highest BCUT2D eigenvalue weighted by Crippen LogP contribution is 2.37. The minimum absolute atomic E-state index is 0.0908. The molecule has 0 fully saturated rings. The summed E-state index contributed by atoms with van der Waals surface area (Å²) < 4.78 is 5.41. The molecular weight excluding hydrogens is 462 g/mol. The van der Waals surface area contributed by atoms with Gasteiger partial charge in [0, 0.05) is 0 Å². The number of nitrogens with one attached hydrogen (secondary N) is 2. The van der Waals surface area contributed by atoms with Crippen LogP contribution in [0.15, 0.2) is 84.9 Å². The zero-order valence-electron chi connectivity index (χ0n) is 22.2. The number of hydrogen-bond donors (Lipinski definition) is 4. The van der Waals surface area contributed by atoms with Crippen molar-refractivity contribution < 1.29 is 14.6 Å². The molecule has 0 aliphatic carbocycles. The monoisotopic (exact) mass is 503 g/mol. The number of ether oxygens (including phenoxy) is 1. The Kier molecular flexibility index (Phi) is 10.7. The van der Waals surface area contributed by atoms with Crippen LogP contribution in [-0.2, 0) is 10.3 Å². The normalized spacial score (nSPS) is 13.2. The Balaban J connectivity index is 1.76. The van der Waals surface area contributed by atoms with E-state index in [4.69, 9.17) is 10.5 Å². The molecule has 0 saturated heterocycles. The van der Waals surface area contributed by atoms with Gasteiger partial charge in [0.2, 0.25) is 5.91 Å². The standard InChI is InChI=1S/C31H41N3O3/c1-23(2)29(22-35)34-30(36)28(32)16-10-11-21-33-31(24-12-6-4-7-13-24,25-14-8-5-9-15-25)26-17-19-27(37-3)20-18-26/h4-9,12-15,17-20,23,28-29,33,35H,10-11,16,21-22,32H2,1-3H3,(H,34,36). The molecule has 0 radical (unpaired) electrons. The Bertz CT molecular complexity index is 1030. The van der Waals surface area contributed by atoms with Crippen LogP contribution in [-0.4, -0.2) is 43.4 Å². The van der Waals surface area contributed by atoms with Gasteiger partial charge in [-0.3, -0.25) is 10.1 Å². The lowest BCUT2D eigenvalue weighted by Crippen LogP contribution is -2.48. The molecule has 0 aliphatic rings. The van der Waals surface area contributed by atoms with Crippen LogP contribution in [0.5, 0.6) is 5.75 Å². The van der Waals surface area contributed by atoms with Crippen molar-refractivity contribution in [1.82, 2.24) is 10.6 Å². The molecule has 0 bridgehead atoms. The van der Waals surface area contributed by atoms with Gasteiger partial charge in [-0.15, -0.1) is 0 Å². The number of carbonyl (C=O) groups is 1. The van der Waals surface area contributed by atoms with Gasteiger partial charge in [0.05, 0.1) is 31.3 Å². The van der Waals surface area contributed by atoms with Crippen LogP contribution in [0.4, 0.5) is 0 Å². The second-order valence-corrected chi connectivity index (χ2v) is 9.78. The van der Waals surface area contributed by atoms with Crippen molar-refractivity contribution in [2.75, 3.05) is 20.3 Å². The Labute approximate surface area is 221 Å². The Hall–Kier alpha value is -3.19. The van der Waals surface area contributed by atoms with E-state index >= 15 is 0 Å². The minimum atomic E-state index is -0.595. The summed E-state index contributed by atoms with van der Waals surface area (Å²) >= 11 is 0. The molecule has 2 unspecified atom stereocenters. The van der Waals surface area contributed by atoms with Crippen LogP contribution in [0.1, 0.15) is 49.8 Å². The number of amides is 1. The van der Waals surface area contributed by atoms with E-state index in [-0.39, 0.29) is 24.5 Å². The molecule has 5 N–H and O–H groups in total. The first-order valence-electron chi connectivity index (χ1n) is 13.1. The van der Waals surface area contributed by atoms with Crippen molar-refractivity contribution in [1.29, 1.82) is 0 Å². The molecule has 3 rings (SSSR count). The highest BCUT2D eigenvalue weighted by molar-refractivity contribution is 5.81. The average Bonchev–Trinajstić information content (AvgIpc) is 2.94. The summed E-state index contributed by atoms with van der Waals surface area (Å²) in [4.78, 5) is 12.5. The van der Waals surface area contributed by atoms with Gasteiger partial charge in [-0.25, -0.2) is 0 Å². The third kappa shape index (κ3) is 7.19. The lowest BCUT2D eigenvalue weighted by Gasteiger charge is -2.37. The van der Waals surface area contributed by atoms with Crippen molar-refractivity contribution in [3.63, 3.8) is 0 Å². The zero-order chi connectivity index (χ0) is 26.7. The summed E-state index contributed by atoms with van der Waals surface area (Å²) in [6, 6.07) is 28.2. The topological polar surface area (TPSA) is 96.6 Å². The number of unbranched alkanes of at least 4 members (excludes halogenated alkanes) is 1. The summed E-state index contributed by atoms with van der Waals surface area (Å²) in [7, 11) is 1.67. The molecule has 37 heavy (non-hydrogen) atoms. The third-order valence-electron chi connectivity index (χ3n) is 6.93. The van der Waals surface area contributed by atoms with E-state index < -0.39 is 11.6 Å². The van der Waals surface area contributed by atoms with Crippen LogP contribution in [0, 0.1) is 5.92 Å². The lowest BCUT2D eigenvalue weighted by atomic mass is 9.77. The van der Waals surface area contributed by atoms with E-state index in [1.54, 1.807) is 7.11 Å². The molecule has 0 spiro atoms. The van der Waals surface area contributed by atoms with Crippen LogP contribution < -0.4 is 21.1 Å². The second kappa shape index (κ2) is 13.9. The largest absolute Gasteiger partial charge is 0.497 e. The molecule has 0 saturated carbocycles. The first-order valence-corrected chi connectivity index (χ1v) is 13.1. The molecule has 3 aromatic rings. The Morgan fingerprint density at radius 2 is 1.43 bits per heavy atom. The van der Waals surface area contributed by atoms with Crippen molar-refractivity contribution in [3.05, 3.63) is 102 Å². The van der Waals surface area contributed by atoms with Gasteiger partial charge in [0.25, 0.3) is 0 Å². The number of hydrogen-bond acceptors (Lipinski definition) is 5. The smallest absolute Gasteiger partial charge is 0.237 e. The van der Waals surface area contributed by atoms with Gasteiger partial charge in [-0.2, -0.15) is 0 Å². The molecular formula is C31H41N3O3. The van der Waals surface area contributed by atoms with E-state index in [0.717, 1.165) is 41.8 Å². The number of nitrogens with two attached hydrogens (primary N) is 1. The number of benzene rings is 3. The lowest BCUT2D eigenvalue weighted by molar-refractivity contribution is -0.123. The summed E-state index contributed by atoms with van der Waals surface area (Å²) in [6.45, 7) is 4.57.